The first-order valence-corrected chi connectivity index (χ1v) is 4.31. The molecule has 1 saturated heterocycles. The van der Waals surface area contributed by atoms with Crippen LogP contribution in [0.25, 0.3) is 0 Å². The molecular formula is C8H16O6. The van der Waals surface area contributed by atoms with Crippen LogP contribution in [-0.2, 0) is 18.9 Å². The van der Waals surface area contributed by atoms with E-state index in [1.54, 1.807) is 0 Å². The van der Waals surface area contributed by atoms with Gasteiger partial charge in [0, 0.05) is 14.2 Å². The van der Waals surface area contributed by atoms with E-state index in [9.17, 15) is 10.2 Å². The zero-order valence-corrected chi connectivity index (χ0v) is 8.25. The van der Waals surface area contributed by atoms with E-state index in [1.807, 2.05) is 0 Å². The van der Waals surface area contributed by atoms with E-state index in [0.717, 1.165) is 0 Å². The molecule has 0 aliphatic carbocycles. The zero-order valence-electron chi connectivity index (χ0n) is 8.25. The first kappa shape index (κ1) is 11.8. The van der Waals surface area contributed by atoms with Crippen LogP contribution < -0.4 is 0 Å². The topological polar surface area (TPSA) is 77.4 Å². The standard InChI is InChI=1S/C8H16O6/c1-11-4-14-5-3-13-8(12-2)7(10)6(5)9/h5-10H,3-4H2,1-2H3. The van der Waals surface area contributed by atoms with Gasteiger partial charge in [-0.2, -0.15) is 0 Å². The molecule has 0 bridgehead atoms. The molecule has 1 aliphatic rings. The lowest BCUT2D eigenvalue weighted by Gasteiger charge is -2.36. The highest BCUT2D eigenvalue weighted by atomic mass is 16.7. The summed E-state index contributed by atoms with van der Waals surface area (Å²) in [4.78, 5) is 0. The average molecular weight is 208 g/mol. The van der Waals surface area contributed by atoms with E-state index in [1.165, 1.54) is 14.2 Å². The number of aliphatic hydroxyl groups is 2. The molecule has 0 spiro atoms. The van der Waals surface area contributed by atoms with Gasteiger partial charge >= 0.3 is 0 Å². The highest BCUT2D eigenvalue weighted by Crippen LogP contribution is 2.18. The molecular weight excluding hydrogens is 192 g/mol. The van der Waals surface area contributed by atoms with Gasteiger partial charge in [0.2, 0.25) is 0 Å². The summed E-state index contributed by atoms with van der Waals surface area (Å²) in [5, 5.41) is 19.1. The molecule has 4 unspecified atom stereocenters. The van der Waals surface area contributed by atoms with E-state index in [4.69, 9.17) is 14.2 Å². The molecule has 0 radical (unpaired) electrons. The molecule has 84 valence electrons. The lowest BCUT2D eigenvalue weighted by Crippen LogP contribution is -2.54. The first-order chi connectivity index (χ1) is 6.70. The van der Waals surface area contributed by atoms with Gasteiger partial charge < -0.3 is 29.2 Å². The van der Waals surface area contributed by atoms with Crippen molar-refractivity contribution in [2.75, 3.05) is 27.6 Å². The van der Waals surface area contributed by atoms with Crippen LogP contribution in [0.4, 0.5) is 0 Å². The van der Waals surface area contributed by atoms with Gasteiger partial charge in [-0.1, -0.05) is 0 Å². The van der Waals surface area contributed by atoms with E-state index < -0.39 is 24.6 Å². The Morgan fingerprint density at radius 1 is 1.29 bits per heavy atom. The van der Waals surface area contributed by atoms with Crippen LogP contribution in [0.1, 0.15) is 0 Å². The quantitative estimate of drug-likeness (QED) is 0.559. The number of methoxy groups -OCH3 is 2. The number of hydrogen-bond acceptors (Lipinski definition) is 6. The van der Waals surface area contributed by atoms with Crippen molar-refractivity contribution >= 4 is 0 Å². The van der Waals surface area contributed by atoms with Gasteiger partial charge in [-0.3, -0.25) is 0 Å². The van der Waals surface area contributed by atoms with Gasteiger partial charge in [0.15, 0.2) is 6.29 Å². The summed E-state index contributed by atoms with van der Waals surface area (Å²) in [6, 6.07) is 0. The second-order valence-electron chi connectivity index (χ2n) is 3.03. The third-order valence-corrected chi connectivity index (χ3v) is 2.07. The molecule has 1 fully saturated rings. The largest absolute Gasteiger partial charge is 0.387 e. The molecule has 0 saturated carbocycles. The van der Waals surface area contributed by atoms with Gasteiger partial charge in [-0.05, 0) is 0 Å². The van der Waals surface area contributed by atoms with Gasteiger partial charge in [0.05, 0.1) is 6.61 Å². The maximum atomic E-state index is 9.58. The predicted molar refractivity (Wildman–Crippen MR) is 45.5 cm³/mol. The molecule has 0 aromatic heterocycles. The molecule has 6 nitrogen and oxygen atoms in total. The summed E-state index contributed by atoms with van der Waals surface area (Å²) < 4.78 is 19.7. The van der Waals surface area contributed by atoms with Crippen molar-refractivity contribution in [3.63, 3.8) is 0 Å². The Kier molecular flexibility index (Phi) is 4.73. The Morgan fingerprint density at radius 2 is 2.00 bits per heavy atom. The molecule has 0 aromatic rings. The Hall–Kier alpha value is -0.240. The molecule has 1 rings (SSSR count). The normalized spacial score (nSPS) is 38.6. The maximum absolute atomic E-state index is 9.58. The van der Waals surface area contributed by atoms with Crippen LogP contribution in [0.5, 0.6) is 0 Å². The Balaban J connectivity index is 2.42. The fourth-order valence-corrected chi connectivity index (χ4v) is 1.28. The van der Waals surface area contributed by atoms with Gasteiger partial charge in [0.1, 0.15) is 25.1 Å². The number of rotatable bonds is 4. The summed E-state index contributed by atoms with van der Waals surface area (Å²) in [6.45, 7) is 0.218. The van der Waals surface area contributed by atoms with Crippen molar-refractivity contribution in [2.45, 2.75) is 24.6 Å². The average Bonchev–Trinajstić information content (AvgIpc) is 2.20. The molecule has 14 heavy (non-hydrogen) atoms. The predicted octanol–water partition coefficient (Wildman–Crippen LogP) is -1.30. The van der Waals surface area contributed by atoms with Crippen molar-refractivity contribution in [3.8, 4) is 0 Å². The highest BCUT2D eigenvalue weighted by molar-refractivity contribution is 4.83. The minimum atomic E-state index is -1.10. The fourth-order valence-electron chi connectivity index (χ4n) is 1.28. The van der Waals surface area contributed by atoms with Crippen molar-refractivity contribution in [2.24, 2.45) is 0 Å². The Morgan fingerprint density at radius 3 is 2.57 bits per heavy atom. The van der Waals surface area contributed by atoms with Gasteiger partial charge in [0.25, 0.3) is 0 Å². The number of aliphatic hydroxyl groups excluding tert-OH is 2. The molecule has 4 atom stereocenters. The zero-order chi connectivity index (χ0) is 10.6. The van der Waals surface area contributed by atoms with Crippen molar-refractivity contribution in [1.82, 2.24) is 0 Å². The second-order valence-corrected chi connectivity index (χ2v) is 3.03. The lowest BCUT2D eigenvalue weighted by molar-refractivity contribution is -0.277. The molecule has 1 aliphatic heterocycles. The molecule has 2 N–H and O–H groups in total. The van der Waals surface area contributed by atoms with Crippen LogP contribution in [0, 0.1) is 0 Å². The fraction of sp³-hybridized carbons (Fsp3) is 1.00. The minimum absolute atomic E-state index is 0.0510. The molecule has 0 amide bonds. The van der Waals surface area contributed by atoms with Gasteiger partial charge in [-0.25, -0.2) is 0 Å². The van der Waals surface area contributed by atoms with Crippen LogP contribution >= 0.6 is 0 Å². The van der Waals surface area contributed by atoms with E-state index >= 15 is 0 Å². The highest BCUT2D eigenvalue weighted by Gasteiger charge is 2.39. The SMILES string of the molecule is COCOC1COC(OC)C(O)C1O. The van der Waals surface area contributed by atoms with Crippen molar-refractivity contribution in [1.29, 1.82) is 0 Å². The van der Waals surface area contributed by atoms with Gasteiger partial charge in [-0.15, -0.1) is 0 Å². The lowest BCUT2D eigenvalue weighted by atomic mass is 10.1. The van der Waals surface area contributed by atoms with E-state index in [2.05, 4.69) is 4.74 Å². The smallest absolute Gasteiger partial charge is 0.185 e. The summed E-state index contributed by atoms with van der Waals surface area (Å²) in [6.07, 6.45) is -3.51. The second kappa shape index (κ2) is 5.59. The third kappa shape index (κ3) is 2.63. The van der Waals surface area contributed by atoms with Crippen molar-refractivity contribution in [3.05, 3.63) is 0 Å². The number of hydrogen-bond donors (Lipinski definition) is 2. The summed E-state index contributed by atoms with van der Waals surface area (Å²) in [7, 11) is 2.88. The Labute approximate surface area is 82.3 Å². The third-order valence-electron chi connectivity index (χ3n) is 2.07. The van der Waals surface area contributed by atoms with Crippen LogP contribution in [0.2, 0.25) is 0 Å². The summed E-state index contributed by atoms with van der Waals surface area (Å²) >= 11 is 0. The van der Waals surface area contributed by atoms with Crippen molar-refractivity contribution < 1.29 is 29.2 Å². The molecule has 6 heteroatoms. The maximum Gasteiger partial charge on any atom is 0.185 e. The monoisotopic (exact) mass is 208 g/mol. The molecule has 0 aromatic carbocycles. The van der Waals surface area contributed by atoms with Crippen LogP contribution in [-0.4, -0.2) is 62.4 Å². The first-order valence-electron chi connectivity index (χ1n) is 4.31. The minimum Gasteiger partial charge on any atom is -0.387 e. The van der Waals surface area contributed by atoms with E-state index in [0.29, 0.717) is 0 Å². The molecule has 1 heterocycles. The Bertz CT molecular complexity index is 164. The van der Waals surface area contributed by atoms with E-state index in [-0.39, 0.29) is 13.4 Å². The van der Waals surface area contributed by atoms with Crippen LogP contribution in [0.3, 0.4) is 0 Å². The summed E-state index contributed by atoms with van der Waals surface area (Å²) in [5.74, 6) is 0. The van der Waals surface area contributed by atoms with Crippen LogP contribution in [0.15, 0.2) is 0 Å². The summed E-state index contributed by atoms with van der Waals surface area (Å²) in [5.41, 5.74) is 0. The number of ether oxygens (including phenoxy) is 4.